The van der Waals surface area contributed by atoms with Gasteiger partial charge in [0.25, 0.3) is 17.3 Å². The highest BCUT2D eigenvalue weighted by Crippen LogP contribution is 2.22. The monoisotopic (exact) mass is 360 g/mol. The smallest absolute Gasteiger partial charge is 0.277 e. The topological polar surface area (TPSA) is 144 Å². The fourth-order valence-electron chi connectivity index (χ4n) is 2.12. The molecule has 0 aliphatic rings. The number of aryl methyl sites for hydroxylation is 1. The standard InChI is InChI=1S/C15H16N6O5/c1-9-4-14(19(2)3)18-13(17-9)8-16-15(22)10-5-11(20(23)24)7-12(6-10)21(25)26/h4-7H,8H2,1-3H3,(H,16,22). The maximum Gasteiger partial charge on any atom is 0.277 e. The largest absolute Gasteiger partial charge is 0.363 e. The highest BCUT2D eigenvalue weighted by Gasteiger charge is 2.20. The van der Waals surface area contributed by atoms with Gasteiger partial charge in [-0.05, 0) is 6.92 Å². The number of benzene rings is 1. The fraction of sp³-hybridized carbons (Fsp3) is 0.267. The number of carbonyl (C=O) groups is 1. The van der Waals surface area contributed by atoms with Gasteiger partial charge in [0, 0.05) is 38.0 Å². The van der Waals surface area contributed by atoms with E-state index in [9.17, 15) is 25.0 Å². The molecule has 1 aromatic carbocycles. The average Bonchev–Trinajstić information content (AvgIpc) is 2.58. The molecule has 0 fully saturated rings. The number of hydrogen-bond acceptors (Lipinski definition) is 8. The summed E-state index contributed by atoms with van der Waals surface area (Å²) < 4.78 is 0. The van der Waals surface area contributed by atoms with Crippen LogP contribution in [0.25, 0.3) is 0 Å². The van der Waals surface area contributed by atoms with Gasteiger partial charge in [-0.25, -0.2) is 9.97 Å². The predicted octanol–water partition coefficient (Wildman–Crippen LogP) is 1.60. The number of anilines is 1. The van der Waals surface area contributed by atoms with Gasteiger partial charge in [-0.15, -0.1) is 0 Å². The molecular formula is C15H16N6O5. The number of carbonyl (C=O) groups excluding carboxylic acids is 1. The maximum absolute atomic E-state index is 12.2. The molecule has 1 aromatic heterocycles. The zero-order valence-electron chi connectivity index (χ0n) is 14.3. The van der Waals surface area contributed by atoms with Crippen molar-refractivity contribution in [1.82, 2.24) is 15.3 Å². The Bertz CT molecular complexity index is 851. The summed E-state index contributed by atoms with van der Waals surface area (Å²) in [7, 11) is 3.62. The minimum atomic E-state index is -0.795. The molecular weight excluding hydrogens is 344 g/mol. The normalized spacial score (nSPS) is 10.3. The molecule has 1 N–H and O–H groups in total. The Balaban J connectivity index is 2.23. The number of aromatic nitrogens is 2. The number of nitro groups is 2. The van der Waals surface area contributed by atoms with Crippen molar-refractivity contribution in [2.45, 2.75) is 13.5 Å². The van der Waals surface area contributed by atoms with Gasteiger partial charge in [-0.2, -0.15) is 0 Å². The second kappa shape index (κ2) is 7.51. The van der Waals surface area contributed by atoms with E-state index < -0.39 is 27.1 Å². The Morgan fingerprint density at radius 1 is 1.08 bits per heavy atom. The van der Waals surface area contributed by atoms with Crippen LogP contribution >= 0.6 is 0 Å². The molecule has 0 radical (unpaired) electrons. The van der Waals surface area contributed by atoms with Gasteiger partial charge in [0.05, 0.1) is 28.0 Å². The van der Waals surface area contributed by atoms with Gasteiger partial charge in [-0.1, -0.05) is 0 Å². The van der Waals surface area contributed by atoms with Crippen LogP contribution in [0.2, 0.25) is 0 Å². The van der Waals surface area contributed by atoms with Crippen molar-refractivity contribution in [2.75, 3.05) is 19.0 Å². The molecule has 11 nitrogen and oxygen atoms in total. The number of nitrogens with one attached hydrogen (secondary N) is 1. The van der Waals surface area contributed by atoms with Crippen LogP contribution in [0.4, 0.5) is 17.2 Å². The lowest BCUT2D eigenvalue weighted by molar-refractivity contribution is -0.394. The van der Waals surface area contributed by atoms with E-state index in [-0.39, 0.29) is 12.1 Å². The molecule has 0 saturated carbocycles. The maximum atomic E-state index is 12.2. The molecule has 136 valence electrons. The number of rotatable bonds is 6. The number of amides is 1. The molecule has 1 heterocycles. The average molecular weight is 360 g/mol. The third-order valence-electron chi connectivity index (χ3n) is 3.34. The van der Waals surface area contributed by atoms with E-state index in [1.807, 2.05) is 14.1 Å². The van der Waals surface area contributed by atoms with Crippen molar-refractivity contribution >= 4 is 23.1 Å². The molecule has 2 aromatic rings. The second-order valence-corrected chi connectivity index (χ2v) is 5.61. The van der Waals surface area contributed by atoms with Crippen molar-refractivity contribution in [3.63, 3.8) is 0 Å². The molecule has 0 saturated heterocycles. The van der Waals surface area contributed by atoms with Crippen LogP contribution in [0.1, 0.15) is 21.9 Å². The summed E-state index contributed by atoms with van der Waals surface area (Å²) in [5.41, 5.74) is -0.553. The molecule has 0 spiro atoms. The van der Waals surface area contributed by atoms with Crippen molar-refractivity contribution in [3.05, 3.63) is 61.6 Å². The molecule has 11 heteroatoms. The molecule has 0 bridgehead atoms. The first kappa shape index (κ1) is 18.7. The Labute approximate surface area is 148 Å². The Morgan fingerprint density at radius 2 is 1.65 bits per heavy atom. The summed E-state index contributed by atoms with van der Waals surface area (Å²) in [6.07, 6.45) is 0. The Hall–Kier alpha value is -3.63. The van der Waals surface area contributed by atoms with Gasteiger partial charge in [0.2, 0.25) is 0 Å². The third kappa shape index (κ3) is 4.47. The summed E-state index contributed by atoms with van der Waals surface area (Å²) in [4.78, 5) is 42.7. The fourth-order valence-corrected chi connectivity index (χ4v) is 2.12. The summed E-state index contributed by atoms with van der Waals surface area (Å²) in [5, 5.41) is 24.3. The van der Waals surface area contributed by atoms with Crippen LogP contribution in [0.15, 0.2) is 24.3 Å². The van der Waals surface area contributed by atoms with E-state index >= 15 is 0 Å². The number of nitro benzene ring substituents is 2. The molecule has 0 aliphatic heterocycles. The molecule has 2 rings (SSSR count). The molecule has 26 heavy (non-hydrogen) atoms. The van der Waals surface area contributed by atoms with Gasteiger partial charge in [0.1, 0.15) is 11.6 Å². The van der Waals surface area contributed by atoms with Crippen LogP contribution in [-0.4, -0.2) is 39.8 Å². The first-order valence-electron chi connectivity index (χ1n) is 7.41. The van der Waals surface area contributed by atoms with E-state index in [0.717, 1.165) is 18.2 Å². The lowest BCUT2D eigenvalue weighted by Crippen LogP contribution is -2.25. The molecule has 0 aliphatic carbocycles. The zero-order valence-corrected chi connectivity index (χ0v) is 14.3. The Kier molecular flexibility index (Phi) is 5.40. The minimum Gasteiger partial charge on any atom is -0.363 e. The molecule has 0 atom stereocenters. The predicted molar refractivity (Wildman–Crippen MR) is 92.0 cm³/mol. The molecule has 1 amide bonds. The van der Waals surface area contributed by atoms with Gasteiger partial charge >= 0.3 is 0 Å². The van der Waals surface area contributed by atoms with Crippen LogP contribution < -0.4 is 10.2 Å². The molecule has 0 unspecified atom stereocenters. The summed E-state index contributed by atoms with van der Waals surface area (Å²) >= 11 is 0. The van der Waals surface area contributed by atoms with Gasteiger partial charge in [-0.3, -0.25) is 25.0 Å². The van der Waals surface area contributed by atoms with Crippen LogP contribution in [-0.2, 0) is 6.54 Å². The van der Waals surface area contributed by atoms with E-state index in [2.05, 4.69) is 15.3 Å². The number of nitrogens with zero attached hydrogens (tertiary/aromatic N) is 5. The van der Waals surface area contributed by atoms with E-state index in [0.29, 0.717) is 17.3 Å². The van der Waals surface area contributed by atoms with Crippen LogP contribution in [0.5, 0.6) is 0 Å². The SMILES string of the molecule is Cc1cc(N(C)C)nc(CNC(=O)c2cc([N+](=O)[O-])cc([N+](=O)[O-])c2)n1. The van der Waals surface area contributed by atoms with Crippen molar-refractivity contribution in [3.8, 4) is 0 Å². The van der Waals surface area contributed by atoms with E-state index in [1.165, 1.54) is 0 Å². The van der Waals surface area contributed by atoms with Gasteiger partial charge < -0.3 is 10.2 Å². The summed E-state index contributed by atoms with van der Waals surface area (Å²) in [6.45, 7) is 1.75. The zero-order chi connectivity index (χ0) is 19.4. The van der Waals surface area contributed by atoms with Crippen molar-refractivity contribution in [1.29, 1.82) is 0 Å². The quantitative estimate of drug-likeness (QED) is 0.604. The number of hydrogen-bond donors (Lipinski definition) is 1. The van der Waals surface area contributed by atoms with Crippen molar-refractivity contribution < 1.29 is 14.6 Å². The third-order valence-corrected chi connectivity index (χ3v) is 3.34. The summed E-state index contributed by atoms with van der Waals surface area (Å²) in [6, 6.07) is 4.52. The lowest BCUT2D eigenvalue weighted by Gasteiger charge is -2.13. The van der Waals surface area contributed by atoms with Gasteiger partial charge in [0.15, 0.2) is 0 Å². The Morgan fingerprint density at radius 3 is 2.15 bits per heavy atom. The van der Waals surface area contributed by atoms with E-state index in [4.69, 9.17) is 0 Å². The lowest BCUT2D eigenvalue weighted by atomic mass is 10.1. The summed E-state index contributed by atoms with van der Waals surface area (Å²) in [5.74, 6) is 0.308. The number of non-ortho nitro benzene ring substituents is 2. The first-order valence-corrected chi connectivity index (χ1v) is 7.41. The highest BCUT2D eigenvalue weighted by atomic mass is 16.6. The highest BCUT2D eigenvalue weighted by molar-refractivity contribution is 5.95. The van der Waals surface area contributed by atoms with Crippen molar-refractivity contribution in [2.24, 2.45) is 0 Å². The first-order chi connectivity index (χ1) is 12.2. The van der Waals surface area contributed by atoms with E-state index in [1.54, 1.807) is 17.9 Å². The van der Waals surface area contributed by atoms with Crippen LogP contribution in [0, 0.1) is 27.2 Å². The second-order valence-electron chi connectivity index (χ2n) is 5.61. The minimum absolute atomic E-state index is 0.0299. The van der Waals surface area contributed by atoms with Crippen LogP contribution in [0.3, 0.4) is 0 Å².